The summed E-state index contributed by atoms with van der Waals surface area (Å²) in [6.45, 7) is 9.05. The first-order valence-corrected chi connectivity index (χ1v) is 5.76. The molecule has 0 atom stereocenters. The van der Waals surface area contributed by atoms with E-state index < -0.39 is 4.32 Å². The summed E-state index contributed by atoms with van der Waals surface area (Å²) in [4.78, 5) is 11.5. The molecule has 0 heterocycles. The van der Waals surface area contributed by atoms with E-state index in [1.165, 1.54) is 6.08 Å². The van der Waals surface area contributed by atoms with Gasteiger partial charge in [0.15, 0.2) is 0 Å². The molecule has 0 aliphatic heterocycles. The van der Waals surface area contributed by atoms with E-state index in [0.717, 1.165) is 0 Å². The average Bonchev–Trinajstić information content (AvgIpc) is 1.99. The predicted octanol–water partition coefficient (Wildman–Crippen LogP) is 1.91. The Labute approximate surface area is 105 Å². The number of alkyl halides is 1. The monoisotopic (exact) mass is 291 g/mol. The van der Waals surface area contributed by atoms with Crippen LogP contribution in [0.5, 0.6) is 0 Å². The number of allylic oxidation sites excluding steroid dienone is 1. The van der Waals surface area contributed by atoms with Crippen LogP contribution in [0.3, 0.4) is 0 Å². The van der Waals surface area contributed by atoms with E-state index >= 15 is 0 Å². The molecule has 0 rings (SSSR count). The molecule has 0 bridgehead atoms. The zero-order valence-corrected chi connectivity index (χ0v) is 11.9. The van der Waals surface area contributed by atoms with Gasteiger partial charge in [-0.2, -0.15) is 0 Å². The largest absolute Gasteiger partial charge is 0.596 e. The maximum Gasteiger partial charge on any atom is 0.241 e. The molecule has 0 saturated carbocycles. The molecule has 4 N–H and O–H groups in total. The van der Waals surface area contributed by atoms with Crippen LogP contribution < -0.4 is 5.32 Å². The first-order valence-electron chi connectivity index (χ1n) is 4.97. The summed E-state index contributed by atoms with van der Waals surface area (Å²) < 4.78 is -0.711. The number of amidine groups is 1. The van der Waals surface area contributed by atoms with Crippen molar-refractivity contribution in [1.29, 1.82) is 5.41 Å². The molecule has 0 radical (unpaired) electrons. The molecule has 16 heavy (non-hydrogen) atoms. The number of carbonyl (C=O) groups excluding carboxylic acids is 1. The summed E-state index contributed by atoms with van der Waals surface area (Å²) >= 11 is 3.20. The van der Waals surface area contributed by atoms with Gasteiger partial charge < -0.3 is 10.4 Å². The van der Waals surface area contributed by atoms with Crippen LogP contribution in [-0.2, 0) is 4.79 Å². The lowest BCUT2D eigenvalue weighted by Gasteiger charge is -2.16. The van der Waals surface area contributed by atoms with Gasteiger partial charge in [-0.15, -0.1) is 0 Å². The third-order valence-corrected chi connectivity index (χ3v) is 2.24. The third kappa shape index (κ3) is 5.30. The number of rotatable bonds is 2. The normalized spacial score (nSPS) is 13.5. The van der Waals surface area contributed by atoms with Gasteiger partial charge in [-0.1, -0.05) is 15.9 Å². The molecule has 0 aromatic heterocycles. The van der Waals surface area contributed by atoms with Gasteiger partial charge in [-0.05, 0) is 34.6 Å². The Morgan fingerprint density at radius 1 is 1.31 bits per heavy atom. The molecule has 0 aromatic carbocycles. The summed E-state index contributed by atoms with van der Waals surface area (Å²) in [7, 11) is 0. The van der Waals surface area contributed by atoms with Gasteiger partial charge in [0.2, 0.25) is 11.7 Å². The molecule has 0 aliphatic carbocycles. The second-order valence-electron chi connectivity index (χ2n) is 5.15. The van der Waals surface area contributed by atoms with Gasteiger partial charge in [-0.25, -0.2) is 0 Å². The smallest absolute Gasteiger partial charge is 0.241 e. The Hall–Kier alpha value is -0.840. The van der Waals surface area contributed by atoms with Crippen molar-refractivity contribution in [2.75, 3.05) is 0 Å². The summed E-state index contributed by atoms with van der Waals surface area (Å²) in [6.07, 6.45) is 1.36. The van der Waals surface area contributed by atoms with E-state index in [9.17, 15) is 4.79 Å². The zero-order chi connectivity index (χ0) is 13.1. The second kappa shape index (κ2) is 4.99. The summed E-state index contributed by atoms with van der Waals surface area (Å²) in [5, 5.41) is 17.7. The minimum atomic E-state index is -0.711. The molecule has 92 valence electrons. The van der Waals surface area contributed by atoms with E-state index in [2.05, 4.69) is 21.2 Å². The SMILES string of the molecule is CC(C)(Br)C(=O)NC(=N)/C=C(\[OH2+])C(C)(C)C. The second-order valence-corrected chi connectivity index (χ2v) is 7.13. The van der Waals surface area contributed by atoms with E-state index in [0.29, 0.717) is 5.76 Å². The maximum atomic E-state index is 11.5. The Balaban J connectivity index is 4.59. The fourth-order valence-electron chi connectivity index (χ4n) is 0.668. The van der Waals surface area contributed by atoms with Crippen LogP contribution >= 0.6 is 15.9 Å². The number of amides is 1. The van der Waals surface area contributed by atoms with Crippen molar-refractivity contribution < 1.29 is 9.90 Å². The number of hydrogen-bond donors (Lipinski definition) is 2. The topological polar surface area (TPSA) is 75.8 Å². The minimum absolute atomic E-state index is 0.0579. The first-order chi connectivity index (χ1) is 6.94. The van der Waals surface area contributed by atoms with E-state index in [-0.39, 0.29) is 17.2 Å². The number of carbonyl (C=O) groups is 1. The van der Waals surface area contributed by atoms with Crippen LogP contribution in [0.2, 0.25) is 0 Å². The Morgan fingerprint density at radius 2 is 1.75 bits per heavy atom. The van der Waals surface area contributed by atoms with Gasteiger partial charge in [0, 0.05) is 0 Å². The molecule has 0 aromatic rings. The van der Waals surface area contributed by atoms with Crippen LogP contribution in [0, 0.1) is 10.8 Å². The lowest BCUT2D eigenvalue weighted by Crippen LogP contribution is -2.40. The van der Waals surface area contributed by atoms with Crippen LogP contribution in [-0.4, -0.2) is 21.2 Å². The predicted molar refractivity (Wildman–Crippen MR) is 70.0 cm³/mol. The van der Waals surface area contributed by atoms with Gasteiger partial charge in [0.25, 0.3) is 0 Å². The maximum absolute atomic E-state index is 11.5. The highest BCUT2D eigenvalue weighted by Crippen LogP contribution is 2.22. The fraction of sp³-hybridized carbons (Fsp3) is 0.636. The highest BCUT2D eigenvalue weighted by atomic mass is 79.9. The summed E-state index contributed by atoms with van der Waals surface area (Å²) in [5.41, 5.74) is -0.319. The molecule has 0 aliphatic rings. The highest BCUT2D eigenvalue weighted by Gasteiger charge is 2.26. The van der Waals surface area contributed by atoms with Crippen LogP contribution in [0.25, 0.3) is 0 Å². The Morgan fingerprint density at radius 3 is 2.06 bits per heavy atom. The number of halogens is 1. The van der Waals surface area contributed by atoms with Crippen molar-refractivity contribution in [2.24, 2.45) is 5.41 Å². The zero-order valence-electron chi connectivity index (χ0n) is 10.4. The van der Waals surface area contributed by atoms with Crippen molar-refractivity contribution in [3.05, 3.63) is 11.8 Å². The molecular formula is C11H20BrN2O2+. The first kappa shape index (κ1) is 15.2. The molecule has 5 heteroatoms. The van der Waals surface area contributed by atoms with Gasteiger partial charge in [0.1, 0.15) is 5.84 Å². The summed E-state index contributed by atoms with van der Waals surface area (Å²) in [6, 6.07) is 0. The Kier molecular flexibility index (Phi) is 4.73. The molecule has 0 saturated heterocycles. The van der Waals surface area contributed by atoms with Crippen LogP contribution in [0.1, 0.15) is 34.6 Å². The Bertz CT molecular complexity index is 322. The van der Waals surface area contributed by atoms with E-state index in [1.807, 2.05) is 20.8 Å². The molecule has 0 fully saturated rings. The molecule has 0 unspecified atom stereocenters. The van der Waals surface area contributed by atoms with Crippen molar-refractivity contribution >= 4 is 27.7 Å². The third-order valence-electron chi connectivity index (χ3n) is 1.88. The van der Waals surface area contributed by atoms with Crippen LogP contribution in [0.4, 0.5) is 0 Å². The van der Waals surface area contributed by atoms with Crippen molar-refractivity contribution in [3.8, 4) is 0 Å². The average molecular weight is 292 g/mol. The molecule has 1 amide bonds. The van der Waals surface area contributed by atoms with Gasteiger partial charge in [-0.3, -0.25) is 10.2 Å². The lowest BCUT2D eigenvalue weighted by molar-refractivity contribution is -0.121. The van der Waals surface area contributed by atoms with Crippen molar-refractivity contribution in [3.63, 3.8) is 0 Å². The summed E-state index contributed by atoms with van der Waals surface area (Å²) in [5.74, 6) is -0.0434. The van der Waals surface area contributed by atoms with Gasteiger partial charge >= 0.3 is 0 Å². The fourth-order valence-corrected chi connectivity index (χ4v) is 0.767. The van der Waals surface area contributed by atoms with E-state index in [1.54, 1.807) is 13.8 Å². The number of hydrogen-bond acceptors (Lipinski definition) is 2. The molecule has 0 spiro atoms. The van der Waals surface area contributed by atoms with E-state index in [4.69, 9.17) is 10.5 Å². The van der Waals surface area contributed by atoms with Crippen molar-refractivity contribution in [1.82, 2.24) is 5.32 Å². The minimum Gasteiger partial charge on any atom is -0.596 e. The quantitative estimate of drug-likeness (QED) is 0.263. The highest BCUT2D eigenvalue weighted by molar-refractivity contribution is 9.10. The van der Waals surface area contributed by atoms with Crippen molar-refractivity contribution in [2.45, 2.75) is 38.9 Å². The number of nitrogens with one attached hydrogen (secondary N) is 2. The molecular weight excluding hydrogens is 272 g/mol. The van der Waals surface area contributed by atoms with Gasteiger partial charge in [0.05, 0.1) is 15.8 Å². The van der Waals surface area contributed by atoms with Crippen LogP contribution in [0.15, 0.2) is 11.8 Å². The molecule has 4 nitrogen and oxygen atoms in total. The standard InChI is InChI=1S/C11H19BrN2O2/c1-10(2,3)7(15)6-8(13)14-9(16)11(4,5)12/h6,15H,1-5H3,(H2,13,14,16)/p+1/b7-6-. The lowest BCUT2D eigenvalue weighted by atomic mass is 9.93.